The van der Waals surface area contributed by atoms with Gasteiger partial charge in [0.2, 0.25) is 5.91 Å². The second-order valence-electron chi connectivity index (χ2n) is 9.15. The van der Waals surface area contributed by atoms with Crippen LogP contribution in [0.15, 0.2) is 4.99 Å². The molecule has 1 saturated carbocycles. The van der Waals surface area contributed by atoms with Gasteiger partial charge < -0.3 is 20.4 Å². The smallest absolute Gasteiger partial charge is 0.225 e. The third kappa shape index (κ3) is 7.89. The number of carbonyl (C=O) groups excluding carboxylic acids is 1. The number of nitrogens with one attached hydrogen (secondary N) is 2. The highest BCUT2D eigenvalue weighted by Crippen LogP contribution is 2.26. The molecule has 7 heteroatoms. The van der Waals surface area contributed by atoms with E-state index in [-0.39, 0.29) is 29.9 Å². The zero-order valence-electron chi connectivity index (χ0n) is 18.5. The Morgan fingerprint density at radius 2 is 1.83 bits per heavy atom. The Balaban J connectivity index is 0.00000300. The van der Waals surface area contributed by atoms with Gasteiger partial charge in [-0.05, 0) is 57.5 Å². The topological polar surface area (TPSA) is 60.0 Å². The second kappa shape index (κ2) is 13.0. The number of amides is 1. The largest absolute Gasteiger partial charge is 0.356 e. The number of carbonyl (C=O) groups is 1. The van der Waals surface area contributed by atoms with Crippen LogP contribution >= 0.6 is 24.0 Å². The first-order chi connectivity index (χ1) is 13.7. The van der Waals surface area contributed by atoms with E-state index in [2.05, 4.69) is 32.3 Å². The van der Waals surface area contributed by atoms with Crippen LogP contribution in [0, 0.1) is 11.8 Å². The lowest BCUT2D eigenvalue weighted by Crippen LogP contribution is -2.46. The van der Waals surface area contributed by atoms with E-state index < -0.39 is 0 Å². The molecule has 0 radical (unpaired) electrons. The molecule has 2 unspecified atom stereocenters. The third-order valence-electron chi connectivity index (χ3n) is 6.70. The van der Waals surface area contributed by atoms with E-state index in [0.717, 1.165) is 57.2 Å². The maximum absolute atomic E-state index is 12.7. The Morgan fingerprint density at radius 1 is 1.03 bits per heavy atom. The predicted octanol–water partition coefficient (Wildman–Crippen LogP) is 3.07. The lowest BCUT2D eigenvalue weighted by atomic mass is 9.88. The average molecular weight is 520 g/mol. The summed E-state index contributed by atoms with van der Waals surface area (Å²) in [7, 11) is 1.83. The van der Waals surface area contributed by atoms with Crippen molar-refractivity contribution in [3.63, 3.8) is 0 Å². The molecule has 3 fully saturated rings. The van der Waals surface area contributed by atoms with Crippen LogP contribution in [0.5, 0.6) is 0 Å². The summed E-state index contributed by atoms with van der Waals surface area (Å²) in [4.78, 5) is 21.8. The maximum Gasteiger partial charge on any atom is 0.225 e. The molecular formula is C22H42IN5O. The van der Waals surface area contributed by atoms with Crippen molar-refractivity contribution in [3.8, 4) is 0 Å². The Morgan fingerprint density at radius 3 is 2.55 bits per heavy atom. The van der Waals surface area contributed by atoms with Gasteiger partial charge in [0.05, 0.1) is 0 Å². The molecule has 1 amide bonds. The van der Waals surface area contributed by atoms with Crippen LogP contribution < -0.4 is 10.6 Å². The third-order valence-corrected chi connectivity index (χ3v) is 6.70. The van der Waals surface area contributed by atoms with Crippen molar-refractivity contribution in [2.75, 3.05) is 46.3 Å². The fourth-order valence-electron chi connectivity index (χ4n) is 5.07. The van der Waals surface area contributed by atoms with Crippen molar-refractivity contribution in [2.45, 2.75) is 70.8 Å². The highest BCUT2D eigenvalue weighted by Gasteiger charge is 2.31. The maximum atomic E-state index is 12.7. The van der Waals surface area contributed by atoms with Gasteiger partial charge in [0, 0.05) is 45.2 Å². The normalized spacial score (nSPS) is 26.8. The number of hydrogen-bond donors (Lipinski definition) is 2. The molecular weight excluding hydrogens is 477 g/mol. The molecule has 3 aliphatic rings. The minimum Gasteiger partial charge on any atom is -0.356 e. The molecule has 6 nitrogen and oxygen atoms in total. The molecule has 2 aliphatic heterocycles. The average Bonchev–Trinajstić information content (AvgIpc) is 3.19. The Bertz CT molecular complexity index is 523. The zero-order chi connectivity index (χ0) is 19.8. The van der Waals surface area contributed by atoms with E-state index in [1.807, 2.05) is 7.05 Å². The van der Waals surface area contributed by atoms with Gasteiger partial charge in [-0.2, -0.15) is 0 Å². The molecule has 0 aromatic rings. The number of aliphatic imine (C=N–C) groups is 1. The first kappa shape index (κ1) is 24.7. The summed E-state index contributed by atoms with van der Waals surface area (Å²) in [5.41, 5.74) is 0. The van der Waals surface area contributed by atoms with Crippen LogP contribution in [0.25, 0.3) is 0 Å². The number of rotatable bonds is 6. The molecule has 0 bridgehead atoms. The summed E-state index contributed by atoms with van der Waals surface area (Å²) in [5.74, 6) is 2.40. The number of halogens is 1. The van der Waals surface area contributed by atoms with Crippen LogP contribution in [0.2, 0.25) is 0 Å². The van der Waals surface area contributed by atoms with Gasteiger partial charge in [-0.3, -0.25) is 9.79 Å². The Labute approximate surface area is 194 Å². The molecule has 3 rings (SSSR count). The number of nitrogens with zero attached hydrogens (tertiary/aromatic N) is 3. The van der Waals surface area contributed by atoms with Crippen LogP contribution in [0.4, 0.5) is 0 Å². The quantitative estimate of drug-likeness (QED) is 0.245. The molecule has 2 saturated heterocycles. The van der Waals surface area contributed by atoms with E-state index in [1.165, 1.54) is 51.7 Å². The van der Waals surface area contributed by atoms with Crippen molar-refractivity contribution >= 4 is 35.8 Å². The van der Waals surface area contributed by atoms with E-state index in [9.17, 15) is 4.79 Å². The van der Waals surface area contributed by atoms with Crippen LogP contribution in [-0.2, 0) is 4.79 Å². The summed E-state index contributed by atoms with van der Waals surface area (Å²) in [6.07, 6.45) is 10.8. The van der Waals surface area contributed by atoms with Gasteiger partial charge in [0.15, 0.2) is 5.96 Å². The fraction of sp³-hybridized carbons (Fsp3) is 0.909. The van der Waals surface area contributed by atoms with Crippen molar-refractivity contribution in [3.05, 3.63) is 0 Å². The number of piperidine rings is 1. The van der Waals surface area contributed by atoms with E-state index >= 15 is 0 Å². The number of likely N-dealkylation sites (tertiary alicyclic amines) is 2. The molecule has 0 aromatic heterocycles. The van der Waals surface area contributed by atoms with Gasteiger partial charge in [-0.15, -0.1) is 24.0 Å². The van der Waals surface area contributed by atoms with E-state index in [4.69, 9.17) is 0 Å². The summed E-state index contributed by atoms with van der Waals surface area (Å²) in [6.45, 7) is 8.69. The minimum absolute atomic E-state index is 0. The van der Waals surface area contributed by atoms with Crippen LogP contribution in [0.1, 0.15) is 64.7 Å². The Hall–Kier alpha value is -0.570. The molecule has 2 N–H and O–H groups in total. The van der Waals surface area contributed by atoms with Crippen LogP contribution in [-0.4, -0.2) is 74.0 Å². The summed E-state index contributed by atoms with van der Waals surface area (Å²) < 4.78 is 0. The van der Waals surface area contributed by atoms with Crippen molar-refractivity contribution in [1.29, 1.82) is 0 Å². The standard InChI is InChI=1S/C22H41N5O.HI/c1-18-8-6-13-26(16-18)14-7-12-24-22(23-2)25-20-11-15-27(17-20)21(28)19-9-4-3-5-10-19;/h18-20H,3-17H2,1-2H3,(H2,23,24,25);1H. The Kier molecular flexibility index (Phi) is 11.0. The molecule has 2 heterocycles. The van der Waals surface area contributed by atoms with Gasteiger partial charge in [-0.25, -0.2) is 0 Å². The first-order valence-electron chi connectivity index (χ1n) is 11.6. The highest BCUT2D eigenvalue weighted by atomic mass is 127. The monoisotopic (exact) mass is 519 g/mol. The van der Waals surface area contributed by atoms with Crippen molar-refractivity contribution in [1.82, 2.24) is 20.4 Å². The molecule has 0 spiro atoms. The fourth-order valence-corrected chi connectivity index (χ4v) is 5.07. The molecule has 168 valence electrons. The molecule has 1 aliphatic carbocycles. The minimum atomic E-state index is 0. The van der Waals surface area contributed by atoms with E-state index in [1.54, 1.807) is 0 Å². The molecule has 2 atom stereocenters. The highest BCUT2D eigenvalue weighted by molar-refractivity contribution is 14.0. The van der Waals surface area contributed by atoms with E-state index in [0.29, 0.717) is 11.9 Å². The number of guanidine groups is 1. The van der Waals surface area contributed by atoms with Gasteiger partial charge in [0.1, 0.15) is 0 Å². The lowest BCUT2D eigenvalue weighted by Gasteiger charge is -2.30. The molecule has 0 aromatic carbocycles. The van der Waals surface area contributed by atoms with Gasteiger partial charge >= 0.3 is 0 Å². The summed E-state index contributed by atoms with van der Waals surface area (Å²) >= 11 is 0. The summed E-state index contributed by atoms with van der Waals surface area (Å²) in [5, 5.41) is 6.99. The van der Waals surface area contributed by atoms with Crippen molar-refractivity contribution < 1.29 is 4.79 Å². The summed E-state index contributed by atoms with van der Waals surface area (Å²) in [6, 6.07) is 0.321. The van der Waals surface area contributed by atoms with Crippen molar-refractivity contribution in [2.24, 2.45) is 16.8 Å². The second-order valence-corrected chi connectivity index (χ2v) is 9.15. The van der Waals surface area contributed by atoms with Gasteiger partial charge in [0.25, 0.3) is 0 Å². The van der Waals surface area contributed by atoms with Gasteiger partial charge in [-0.1, -0.05) is 26.2 Å². The number of hydrogen-bond acceptors (Lipinski definition) is 3. The molecule has 29 heavy (non-hydrogen) atoms. The lowest BCUT2D eigenvalue weighted by molar-refractivity contribution is -0.135. The predicted molar refractivity (Wildman–Crippen MR) is 131 cm³/mol. The van der Waals surface area contributed by atoms with Crippen LogP contribution in [0.3, 0.4) is 0 Å². The zero-order valence-corrected chi connectivity index (χ0v) is 20.8. The first-order valence-corrected chi connectivity index (χ1v) is 11.6. The SMILES string of the molecule is CN=C(NCCCN1CCCC(C)C1)NC1CCN(C(=O)C2CCCCC2)C1.I.